The van der Waals surface area contributed by atoms with Crippen molar-refractivity contribution < 1.29 is 9.47 Å². The molecule has 34 heavy (non-hydrogen) atoms. The summed E-state index contributed by atoms with van der Waals surface area (Å²) in [6, 6.07) is 15.4. The molecular formula is C30H39NO2S. The highest BCUT2D eigenvalue weighted by molar-refractivity contribution is 7.98. The minimum absolute atomic E-state index is 0.260. The average Bonchev–Trinajstić information content (AvgIpc) is 3.58. The summed E-state index contributed by atoms with van der Waals surface area (Å²) in [6.07, 6.45) is 7.48. The summed E-state index contributed by atoms with van der Waals surface area (Å²) in [6.45, 7) is 8.97. The number of hydrogen-bond donors (Lipinski definition) is 0. The Hall–Kier alpha value is -1.78. The van der Waals surface area contributed by atoms with Gasteiger partial charge >= 0.3 is 0 Å². The third kappa shape index (κ3) is 5.23. The van der Waals surface area contributed by atoms with Crippen molar-refractivity contribution in [2.75, 3.05) is 20.3 Å². The second-order valence-corrected chi connectivity index (χ2v) is 12.7. The van der Waals surface area contributed by atoms with E-state index in [-0.39, 0.29) is 5.41 Å². The summed E-state index contributed by atoms with van der Waals surface area (Å²) in [4.78, 5) is 6.70. The molecule has 2 aromatic rings. The quantitative estimate of drug-likeness (QED) is 0.359. The molecule has 2 fully saturated rings. The van der Waals surface area contributed by atoms with Crippen LogP contribution in [0.3, 0.4) is 0 Å². The maximum absolute atomic E-state index is 5.60. The topological polar surface area (TPSA) is 30.8 Å². The fourth-order valence-electron chi connectivity index (χ4n) is 5.82. The molecule has 3 aliphatic rings. The SMILES string of the molecule is COc1ccc(CSc2ccc3c(c2)N=C(CC(C)(C)C)C2(CCC4CCOCC4)CC32)cc1. The van der Waals surface area contributed by atoms with Crippen molar-refractivity contribution in [3.63, 3.8) is 0 Å². The van der Waals surface area contributed by atoms with E-state index in [1.165, 1.54) is 59.5 Å². The zero-order valence-corrected chi connectivity index (χ0v) is 22.0. The number of benzene rings is 2. The van der Waals surface area contributed by atoms with Crippen LogP contribution in [0.5, 0.6) is 5.75 Å². The van der Waals surface area contributed by atoms with Gasteiger partial charge in [0.2, 0.25) is 0 Å². The van der Waals surface area contributed by atoms with Gasteiger partial charge in [-0.3, -0.25) is 4.99 Å². The van der Waals surface area contributed by atoms with Crippen LogP contribution in [0.1, 0.15) is 76.3 Å². The van der Waals surface area contributed by atoms with E-state index in [1.807, 2.05) is 23.9 Å². The fourth-order valence-corrected chi connectivity index (χ4v) is 6.70. The first kappa shape index (κ1) is 23.9. The number of rotatable bonds is 8. The Bertz CT molecular complexity index is 1030. The highest BCUT2D eigenvalue weighted by atomic mass is 32.2. The molecule has 2 aliphatic heterocycles. The van der Waals surface area contributed by atoms with Crippen LogP contribution in [-0.2, 0) is 10.5 Å². The molecule has 2 atom stereocenters. The van der Waals surface area contributed by atoms with Crippen molar-refractivity contribution in [3.05, 3.63) is 53.6 Å². The zero-order valence-electron chi connectivity index (χ0n) is 21.2. The molecule has 0 aromatic heterocycles. The molecule has 2 unspecified atom stereocenters. The van der Waals surface area contributed by atoms with Crippen LogP contribution in [0.15, 0.2) is 52.4 Å². The van der Waals surface area contributed by atoms with Crippen LogP contribution in [0, 0.1) is 16.7 Å². The van der Waals surface area contributed by atoms with Crippen molar-refractivity contribution in [1.82, 2.24) is 0 Å². The molecule has 2 heterocycles. The van der Waals surface area contributed by atoms with Crippen LogP contribution in [0.4, 0.5) is 5.69 Å². The minimum atomic E-state index is 0.260. The van der Waals surface area contributed by atoms with Crippen LogP contribution in [0.25, 0.3) is 0 Å². The van der Waals surface area contributed by atoms with E-state index < -0.39 is 0 Å². The lowest BCUT2D eigenvalue weighted by Crippen LogP contribution is -2.27. The van der Waals surface area contributed by atoms with Crippen LogP contribution in [0.2, 0.25) is 0 Å². The van der Waals surface area contributed by atoms with Gasteiger partial charge in [0.15, 0.2) is 0 Å². The number of fused-ring (bicyclic) bond motifs is 3. The molecule has 182 valence electrons. The number of thioether (sulfide) groups is 1. The Balaban J connectivity index is 1.33. The smallest absolute Gasteiger partial charge is 0.118 e. The van der Waals surface area contributed by atoms with E-state index in [4.69, 9.17) is 14.5 Å². The van der Waals surface area contributed by atoms with Gasteiger partial charge in [0.25, 0.3) is 0 Å². The summed E-state index contributed by atoms with van der Waals surface area (Å²) in [7, 11) is 1.71. The van der Waals surface area contributed by atoms with E-state index >= 15 is 0 Å². The predicted molar refractivity (Wildman–Crippen MR) is 143 cm³/mol. The molecule has 0 spiro atoms. The van der Waals surface area contributed by atoms with E-state index in [0.29, 0.717) is 11.3 Å². The van der Waals surface area contributed by atoms with Crippen LogP contribution < -0.4 is 4.74 Å². The summed E-state index contributed by atoms with van der Waals surface area (Å²) < 4.78 is 10.9. The van der Waals surface area contributed by atoms with Gasteiger partial charge in [0, 0.05) is 35.0 Å². The molecule has 0 amide bonds. The third-order valence-electron chi connectivity index (χ3n) is 7.88. The maximum atomic E-state index is 5.60. The second kappa shape index (κ2) is 9.70. The normalized spacial score (nSPS) is 24.2. The Morgan fingerprint density at radius 3 is 2.56 bits per heavy atom. The van der Waals surface area contributed by atoms with Crippen molar-refractivity contribution in [1.29, 1.82) is 0 Å². The van der Waals surface area contributed by atoms with E-state index in [1.54, 1.807) is 7.11 Å². The van der Waals surface area contributed by atoms with Gasteiger partial charge in [-0.1, -0.05) is 39.0 Å². The van der Waals surface area contributed by atoms with Gasteiger partial charge < -0.3 is 9.47 Å². The molecule has 0 bridgehead atoms. The minimum Gasteiger partial charge on any atom is -0.497 e. The Labute approximate surface area is 209 Å². The van der Waals surface area contributed by atoms with Gasteiger partial charge in [0.05, 0.1) is 12.8 Å². The standard InChI is InChI=1S/C30H39NO2S/c1-29(2,3)19-28-30(14-11-21-12-15-33-16-13-21)18-26(30)25-10-9-24(17-27(25)31-28)34-20-22-5-7-23(32-4)8-6-22/h5-10,17,21,26H,11-16,18-20H2,1-4H3. The fraction of sp³-hybridized carbons (Fsp3) is 0.567. The highest BCUT2D eigenvalue weighted by Gasteiger charge is 2.60. The van der Waals surface area contributed by atoms with Crippen molar-refractivity contribution in [2.24, 2.45) is 21.7 Å². The molecular weight excluding hydrogens is 438 g/mol. The molecule has 4 heteroatoms. The van der Waals surface area contributed by atoms with Crippen molar-refractivity contribution in [3.8, 4) is 5.75 Å². The molecule has 2 aromatic carbocycles. The summed E-state index contributed by atoms with van der Waals surface area (Å²) >= 11 is 1.90. The van der Waals surface area contributed by atoms with Crippen LogP contribution in [-0.4, -0.2) is 26.0 Å². The van der Waals surface area contributed by atoms with Crippen molar-refractivity contribution in [2.45, 2.75) is 75.9 Å². The van der Waals surface area contributed by atoms with Gasteiger partial charge in [-0.15, -0.1) is 11.8 Å². The molecule has 3 nitrogen and oxygen atoms in total. The molecule has 5 rings (SSSR count). The number of hydrogen-bond acceptors (Lipinski definition) is 4. The zero-order chi connectivity index (χ0) is 23.8. The summed E-state index contributed by atoms with van der Waals surface area (Å²) in [5.41, 5.74) is 6.07. The van der Waals surface area contributed by atoms with Gasteiger partial charge in [-0.05, 0) is 91.2 Å². The summed E-state index contributed by atoms with van der Waals surface area (Å²) in [5.74, 6) is 3.36. The lowest BCUT2D eigenvalue weighted by Gasteiger charge is -2.31. The highest BCUT2D eigenvalue weighted by Crippen LogP contribution is 2.68. The molecule has 1 saturated carbocycles. The number of nitrogens with zero attached hydrogens (tertiary/aromatic N) is 1. The molecule has 0 N–H and O–H groups in total. The average molecular weight is 478 g/mol. The first-order valence-electron chi connectivity index (χ1n) is 12.9. The maximum Gasteiger partial charge on any atom is 0.118 e. The van der Waals surface area contributed by atoms with E-state index in [0.717, 1.165) is 37.1 Å². The van der Waals surface area contributed by atoms with Crippen LogP contribution >= 0.6 is 11.8 Å². The van der Waals surface area contributed by atoms with E-state index in [9.17, 15) is 0 Å². The van der Waals surface area contributed by atoms with Crippen molar-refractivity contribution >= 4 is 23.2 Å². The Kier molecular flexibility index (Phi) is 6.83. The second-order valence-electron chi connectivity index (χ2n) is 11.7. The monoisotopic (exact) mass is 477 g/mol. The number of methoxy groups -OCH3 is 1. The first-order valence-corrected chi connectivity index (χ1v) is 13.9. The molecule has 1 aliphatic carbocycles. The lowest BCUT2D eigenvalue weighted by molar-refractivity contribution is 0.0622. The van der Waals surface area contributed by atoms with Gasteiger partial charge in [0.1, 0.15) is 5.75 Å². The number of ether oxygens (including phenoxy) is 2. The summed E-state index contributed by atoms with van der Waals surface area (Å²) in [5, 5.41) is 0. The largest absolute Gasteiger partial charge is 0.497 e. The van der Waals surface area contributed by atoms with Gasteiger partial charge in [-0.2, -0.15) is 0 Å². The Morgan fingerprint density at radius 1 is 1.09 bits per heavy atom. The molecule has 0 radical (unpaired) electrons. The first-order chi connectivity index (χ1) is 16.4. The number of aliphatic imine (C=N–C) groups is 1. The van der Waals surface area contributed by atoms with E-state index in [2.05, 4.69) is 51.1 Å². The Morgan fingerprint density at radius 2 is 1.85 bits per heavy atom. The predicted octanol–water partition coefficient (Wildman–Crippen LogP) is 8.19. The van der Waals surface area contributed by atoms with Gasteiger partial charge in [-0.25, -0.2) is 0 Å². The third-order valence-corrected chi connectivity index (χ3v) is 8.95. The lowest BCUT2D eigenvalue weighted by atomic mass is 9.77. The molecule has 1 saturated heterocycles.